The lowest BCUT2D eigenvalue weighted by atomic mass is 10.1. The summed E-state index contributed by atoms with van der Waals surface area (Å²) < 4.78 is 27.7. The number of nitrogens with one attached hydrogen (secondary N) is 1. The maximum absolute atomic E-state index is 12.8. The Morgan fingerprint density at radius 3 is 2.20 bits per heavy atom. The summed E-state index contributed by atoms with van der Waals surface area (Å²) in [7, 11) is -2.01. The van der Waals surface area contributed by atoms with Gasteiger partial charge in [0.15, 0.2) is 0 Å². The van der Waals surface area contributed by atoms with Crippen LogP contribution in [0.25, 0.3) is 0 Å². The Morgan fingerprint density at radius 1 is 0.967 bits per heavy atom. The van der Waals surface area contributed by atoms with Gasteiger partial charge in [0.25, 0.3) is 15.9 Å². The molecule has 0 aliphatic carbocycles. The molecule has 30 heavy (non-hydrogen) atoms. The molecule has 0 radical (unpaired) electrons. The van der Waals surface area contributed by atoms with Crippen molar-refractivity contribution < 1.29 is 13.2 Å². The van der Waals surface area contributed by atoms with E-state index in [9.17, 15) is 13.2 Å². The molecule has 3 aromatic carbocycles. The summed E-state index contributed by atoms with van der Waals surface area (Å²) in [6.45, 7) is 4.27. The molecule has 0 aliphatic rings. The minimum Gasteiger partial charge on any atom is -0.337 e. The molecule has 0 unspecified atom stereocenters. The number of hydrogen-bond donors (Lipinski definition) is 1. The summed E-state index contributed by atoms with van der Waals surface area (Å²) in [4.78, 5) is 14.5. The van der Waals surface area contributed by atoms with E-state index < -0.39 is 10.0 Å². The van der Waals surface area contributed by atoms with Gasteiger partial charge >= 0.3 is 0 Å². The standard InChI is InChI=1S/C23H23ClN2O3S/c1-16-4-6-18(7-5-16)15-26(3)23(27)19-8-13-22(17(2)14-19)25-30(28,29)21-11-9-20(24)10-12-21/h4-14,25H,15H2,1-3H3. The first-order chi connectivity index (χ1) is 14.2. The number of rotatable bonds is 6. The van der Waals surface area contributed by atoms with Crippen molar-refractivity contribution in [1.29, 1.82) is 0 Å². The molecule has 0 bridgehead atoms. The van der Waals surface area contributed by atoms with E-state index in [1.54, 1.807) is 37.1 Å². The SMILES string of the molecule is Cc1ccc(CN(C)C(=O)c2ccc(NS(=O)(=O)c3ccc(Cl)cc3)c(C)c2)cc1. The lowest BCUT2D eigenvalue weighted by molar-refractivity contribution is 0.0785. The minimum absolute atomic E-state index is 0.115. The van der Waals surface area contributed by atoms with Crippen molar-refractivity contribution in [3.05, 3.63) is 94.0 Å². The molecule has 0 atom stereocenters. The molecule has 5 nitrogen and oxygen atoms in total. The monoisotopic (exact) mass is 442 g/mol. The first-order valence-corrected chi connectivity index (χ1v) is 11.2. The number of amides is 1. The molecule has 0 saturated carbocycles. The molecule has 7 heteroatoms. The second-order valence-corrected chi connectivity index (χ2v) is 9.35. The zero-order chi connectivity index (χ0) is 21.9. The maximum atomic E-state index is 12.8. The number of aryl methyl sites for hydroxylation is 2. The highest BCUT2D eigenvalue weighted by atomic mass is 35.5. The Morgan fingerprint density at radius 2 is 1.60 bits per heavy atom. The van der Waals surface area contributed by atoms with Crippen LogP contribution in [0.2, 0.25) is 5.02 Å². The van der Waals surface area contributed by atoms with Crippen molar-refractivity contribution in [2.24, 2.45) is 0 Å². The number of benzene rings is 3. The summed E-state index contributed by atoms with van der Waals surface area (Å²) in [5.41, 5.74) is 3.78. The first-order valence-electron chi connectivity index (χ1n) is 9.36. The van der Waals surface area contributed by atoms with Crippen molar-refractivity contribution in [2.75, 3.05) is 11.8 Å². The number of carbonyl (C=O) groups excluding carboxylic acids is 1. The van der Waals surface area contributed by atoms with Crippen LogP contribution >= 0.6 is 11.6 Å². The van der Waals surface area contributed by atoms with Gasteiger partial charge in [-0.05, 0) is 67.4 Å². The first kappa shape index (κ1) is 21.9. The Kier molecular flexibility index (Phi) is 6.48. The molecule has 0 aromatic heterocycles. The summed E-state index contributed by atoms with van der Waals surface area (Å²) in [6, 6.07) is 18.9. The van der Waals surface area contributed by atoms with E-state index in [0.29, 0.717) is 28.4 Å². The molecule has 0 aliphatic heterocycles. The van der Waals surface area contributed by atoms with Crippen molar-refractivity contribution in [3.63, 3.8) is 0 Å². The zero-order valence-electron chi connectivity index (χ0n) is 17.0. The summed E-state index contributed by atoms with van der Waals surface area (Å²) in [5.74, 6) is -0.134. The Bertz CT molecular complexity index is 1160. The fourth-order valence-electron chi connectivity index (χ4n) is 2.99. The van der Waals surface area contributed by atoms with E-state index >= 15 is 0 Å². The quantitative estimate of drug-likeness (QED) is 0.582. The van der Waals surface area contributed by atoms with Crippen LogP contribution in [0.1, 0.15) is 27.0 Å². The van der Waals surface area contributed by atoms with E-state index in [1.165, 1.54) is 29.8 Å². The largest absolute Gasteiger partial charge is 0.337 e. The van der Waals surface area contributed by atoms with Crippen LogP contribution < -0.4 is 4.72 Å². The van der Waals surface area contributed by atoms with Crippen molar-refractivity contribution in [3.8, 4) is 0 Å². The highest BCUT2D eigenvalue weighted by Crippen LogP contribution is 2.23. The predicted octanol–water partition coefficient (Wildman–Crippen LogP) is 5.03. The lowest BCUT2D eigenvalue weighted by Crippen LogP contribution is -2.26. The molecule has 0 heterocycles. The Hall–Kier alpha value is -2.83. The van der Waals surface area contributed by atoms with E-state index in [0.717, 1.165) is 5.56 Å². The van der Waals surface area contributed by atoms with Crippen LogP contribution in [-0.4, -0.2) is 26.3 Å². The number of carbonyl (C=O) groups is 1. The van der Waals surface area contributed by atoms with Gasteiger partial charge < -0.3 is 4.90 Å². The Balaban J connectivity index is 1.74. The topological polar surface area (TPSA) is 66.5 Å². The number of nitrogens with zero attached hydrogens (tertiary/aromatic N) is 1. The Labute approximate surface area is 182 Å². The minimum atomic E-state index is -3.75. The van der Waals surface area contributed by atoms with Gasteiger partial charge in [0.05, 0.1) is 10.6 Å². The zero-order valence-corrected chi connectivity index (χ0v) is 18.6. The molecule has 3 rings (SSSR count). The van der Waals surface area contributed by atoms with E-state index in [1.807, 2.05) is 31.2 Å². The van der Waals surface area contributed by atoms with Gasteiger partial charge in [0, 0.05) is 24.2 Å². The summed E-state index contributed by atoms with van der Waals surface area (Å²) in [5, 5.41) is 0.461. The maximum Gasteiger partial charge on any atom is 0.261 e. The lowest BCUT2D eigenvalue weighted by Gasteiger charge is -2.18. The fraction of sp³-hybridized carbons (Fsp3) is 0.174. The van der Waals surface area contributed by atoms with Gasteiger partial charge in [0.1, 0.15) is 0 Å². The third-order valence-electron chi connectivity index (χ3n) is 4.73. The number of hydrogen-bond acceptors (Lipinski definition) is 3. The molecular weight excluding hydrogens is 420 g/mol. The molecule has 0 fully saturated rings. The molecule has 1 N–H and O–H groups in total. The van der Waals surface area contributed by atoms with Crippen LogP contribution in [0.3, 0.4) is 0 Å². The van der Waals surface area contributed by atoms with Crippen molar-refractivity contribution >= 4 is 33.2 Å². The van der Waals surface area contributed by atoms with Crippen LogP contribution in [-0.2, 0) is 16.6 Å². The van der Waals surface area contributed by atoms with Gasteiger partial charge in [0.2, 0.25) is 0 Å². The van der Waals surface area contributed by atoms with E-state index in [4.69, 9.17) is 11.6 Å². The number of sulfonamides is 1. The average Bonchev–Trinajstić information content (AvgIpc) is 2.71. The second-order valence-electron chi connectivity index (χ2n) is 7.24. The fourth-order valence-corrected chi connectivity index (χ4v) is 4.24. The molecule has 156 valence electrons. The van der Waals surface area contributed by atoms with Gasteiger partial charge in [-0.1, -0.05) is 41.4 Å². The highest BCUT2D eigenvalue weighted by molar-refractivity contribution is 7.92. The predicted molar refractivity (Wildman–Crippen MR) is 120 cm³/mol. The second kappa shape index (κ2) is 8.90. The van der Waals surface area contributed by atoms with Gasteiger partial charge in [-0.2, -0.15) is 0 Å². The molecule has 3 aromatic rings. The van der Waals surface area contributed by atoms with Gasteiger partial charge in [-0.25, -0.2) is 8.42 Å². The molecule has 1 amide bonds. The normalized spacial score (nSPS) is 11.2. The number of halogens is 1. The third kappa shape index (κ3) is 5.20. The average molecular weight is 443 g/mol. The molecule has 0 spiro atoms. The number of anilines is 1. The third-order valence-corrected chi connectivity index (χ3v) is 6.36. The van der Waals surface area contributed by atoms with Crippen molar-refractivity contribution in [1.82, 2.24) is 4.90 Å². The highest BCUT2D eigenvalue weighted by Gasteiger charge is 2.17. The van der Waals surface area contributed by atoms with Crippen LogP contribution in [0.4, 0.5) is 5.69 Å². The molecule has 0 saturated heterocycles. The molecular formula is C23H23ClN2O3S. The van der Waals surface area contributed by atoms with Crippen LogP contribution in [0.15, 0.2) is 71.6 Å². The van der Waals surface area contributed by atoms with E-state index in [2.05, 4.69) is 4.72 Å². The van der Waals surface area contributed by atoms with Gasteiger partial charge in [-0.3, -0.25) is 9.52 Å². The summed E-state index contributed by atoms with van der Waals surface area (Å²) in [6.07, 6.45) is 0. The smallest absolute Gasteiger partial charge is 0.261 e. The van der Waals surface area contributed by atoms with Crippen molar-refractivity contribution in [2.45, 2.75) is 25.3 Å². The summed E-state index contributed by atoms with van der Waals surface area (Å²) >= 11 is 5.83. The van der Waals surface area contributed by atoms with E-state index in [-0.39, 0.29) is 10.8 Å². The van der Waals surface area contributed by atoms with Crippen LogP contribution in [0.5, 0.6) is 0 Å². The van der Waals surface area contributed by atoms with Gasteiger partial charge in [-0.15, -0.1) is 0 Å². The van der Waals surface area contributed by atoms with Crippen LogP contribution in [0, 0.1) is 13.8 Å².